The molecule has 31 heavy (non-hydrogen) atoms. The van der Waals surface area contributed by atoms with Crippen molar-refractivity contribution in [3.05, 3.63) is 64.1 Å². The molecule has 10 heteroatoms. The van der Waals surface area contributed by atoms with Crippen LogP contribution in [0, 0.1) is 0 Å². The minimum absolute atomic E-state index is 0.113. The van der Waals surface area contributed by atoms with Gasteiger partial charge in [0.05, 0.1) is 11.9 Å². The van der Waals surface area contributed by atoms with Crippen molar-refractivity contribution in [1.29, 1.82) is 0 Å². The van der Waals surface area contributed by atoms with Gasteiger partial charge < -0.3 is 10.2 Å². The van der Waals surface area contributed by atoms with Gasteiger partial charge in [-0.1, -0.05) is 41.4 Å². The summed E-state index contributed by atoms with van der Waals surface area (Å²) in [7, 11) is -3.79. The number of carbonyl (C=O) groups excluding carboxylic acids is 2. The lowest BCUT2D eigenvalue weighted by molar-refractivity contribution is -0.139. The van der Waals surface area contributed by atoms with E-state index in [-0.39, 0.29) is 18.1 Å². The molecule has 0 fully saturated rings. The summed E-state index contributed by atoms with van der Waals surface area (Å²) in [4.78, 5) is 27.1. The van der Waals surface area contributed by atoms with Gasteiger partial charge in [0.2, 0.25) is 21.8 Å². The Kier molecular flexibility index (Phi) is 8.73. The van der Waals surface area contributed by atoms with E-state index in [1.807, 2.05) is 0 Å². The highest BCUT2D eigenvalue weighted by Gasteiger charge is 2.29. The van der Waals surface area contributed by atoms with E-state index in [0.717, 1.165) is 16.1 Å². The maximum absolute atomic E-state index is 13.3. The molecule has 0 saturated heterocycles. The molecule has 0 saturated carbocycles. The Bertz CT molecular complexity index is 1030. The van der Waals surface area contributed by atoms with Gasteiger partial charge in [0.25, 0.3) is 0 Å². The van der Waals surface area contributed by atoms with Crippen LogP contribution in [-0.4, -0.2) is 50.5 Å². The molecule has 1 atom stereocenters. The van der Waals surface area contributed by atoms with E-state index >= 15 is 0 Å². The molecule has 0 bridgehead atoms. The van der Waals surface area contributed by atoms with Crippen molar-refractivity contribution in [2.24, 2.45) is 0 Å². The third-order valence-corrected chi connectivity index (χ3v) is 6.19. The normalized spacial score (nSPS) is 12.2. The predicted molar refractivity (Wildman–Crippen MR) is 124 cm³/mol. The van der Waals surface area contributed by atoms with Crippen LogP contribution in [0.5, 0.6) is 0 Å². The minimum atomic E-state index is -3.79. The molecular formula is C21H25Cl2N3O4S. The summed E-state index contributed by atoms with van der Waals surface area (Å²) in [6.45, 7) is 3.42. The molecule has 168 valence electrons. The Morgan fingerprint density at radius 3 is 2.26 bits per heavy atom. The molecule has 1 N–H and O–H groups in total. The first kappa shape index (κ1) is 25.0. The fourth-order valence-electron chi connectivity index (χ4n) is 2.94. The number of hydrogen-bond acceptors (Lipinski definition) is 4. The first-order valence-electron chi connectivity index (χ1n) is 9.57. The Labute approximate surface area is 193 Å². The van der Waals surface area contributed by atoms with E-state index in [9.17, 15) is 18.0 Å². The SMILES string of the molecule is CCNC(=O)C(C)N(Cc1ccc(Cl)cc1)C(=O)CN(c1cccc(Cl)c1)S(C)(=O)=O. The van der Waals surface area contributed by atoms with E-state index in [1.54, 1.807) is 56.3 Å². The Hall–Kier alpha value is -2.29. The van der Waals surface area contributed by atoms with Crippen LogP contribution in [0.1, 0.15) is 19.4 Å². The number of carbonyl (C=O) groups is 2. The monoisotopic (exact) mass is 485 g/mol. The van der Waals surface area contributed by atoms with E-state index in [4.69, 9.17) is 23.2 Å². The summed E-state index contributed by atoms with van der Waals surface area (Å²) in [6.07, 6.45) is 1.01. The topological polar surface area (TPSA) is 86.8 Å². The zero-order chi connectivity index (χ0) is 23.2. The Morgan fingerprint density at radius 2 is 1.71 bits per heavy atom. The molecule has 0 aliphatic heterocycles. The number of nitrogens with zero attached hydrogens (tertiary/aromatic N) is 2. The summed E-state index contributed by atoms with van der Waals surface area (Å²) in [5.41, 5.74) is 1.02. The lowest BCUT2D eigenvalue weighted by Gasteiger charge is -2.31. The van der Waals surface area contributed by atoms with Crippen LogP contribution >= 0.6 is 23.2 Å². The molecule has 0 aliphatic carbocycles. The molecule has 7 nitrogen and oxygen atoms in total. The summed E-state index contributed by atoms with van der Waals surface area (Å²) >= 11 is 11.9. The van der Waals surface area contributed by atoms with Crippen LogP contribution in [0.4, 0.5) is 5.69 Å². The summed E-state index contributed by atoms with van der Waals surface area (Å²) in [5, 5.41) is 3.58. The smallest absolute Gasteiger partial charge is 0.244 e. The molecule has 0 aromatic heterocycles. The molecular weight excluding hydrogens is 461 g/mol. The minimum Gasteiger partial charge on any atom is -0.355 e. The molecule has 1 unspecified atom stereocenters. The number of benzene rings is 2. The van der Waals surface area contributed by atoms with Crippen molar-refractivity contribution in [3.8, 4) is 0 Å². The second-order valence-electron chi connectivity index (χ2n) is 6.97. The number of likely N-dealkylation sites (N-methyl/N-ethyl adjacent to an activating group) is 1. The van der Waals surface area contributed by atoms with E-state index in [1.165, 1.54) is 11.0 Å². The molecule has 2 amide bonds. The van der Waals surface area contributed by atoms with Gasteiger partial charge in [-0.2, -0.15) is 0 Å². The van der Waals surface area contributed by atoms with Crippen LogP contribution in [-0.2, 0) is 26.2 Å². The van der Waals surface area contributed by atoms with Crippen molar-refractivity contribution in [1.82, 2.24) is 10.2 Å². The number of amides is 2. The van der Waals surface area contributed by atoms with E-state index < -0.39 is 28.5 Å². The highest BCUT2D eigenvalue weighted by molar-refractivity contribution is 7.92. The highest BCUT2D eigenvalue weighted by Crippen LogP contribution is 2.22. The second-order valence-corrected chi connectivity index (χ2v) is 9.75. The third kappa shape index (κ3) is 7.12. The number of sulfonamides is 1. The molecule has 2 rings (SSSR count). The lowest BCUT2D eigenvalue weighted by atomic mass is 10.1. The summed E-state index contributed by atoms with van der Waals surface area (Å²) in [5.74, 6) is -0.863. The zero-order valence-electron chi connectivity index (χ0n) is 17.5. The van der Waals surface area contributed by atoms with E-state index in [2.05, 4.69) is 5.32 Å². The molecule has 2 aromatic carbocycles. The van der Waals surface area contributed by atoms with Crippen molar-refractivity contribution < 1.29 is 18.0 Å². The van der Waals surface area contributed by atoms with Gasteiger partial charge in [-0.15, -0.1) is 0 Å². The molecule has 0 radical (unpaired) electrons. The van der Waals surface area contributed by atoms with Crippen LogP contribution in [0.15, 0.2) is 48.5 Å². The van der Waals surface area contributed by atoms with Gasteiger partial charge in [-0.3, -0.25) is 13.9 Å². The zero-order valence-corrected chi connectivity index (χ0v) is 19.8. The van der Waals surface area contributed by atoms with Gasteiger partial charge in [0.1, 0.15) is 12.6 Å². The standard InChI is InChI=1S/C21H25Cl2N3O4S/c1-4-24-21(28)15(2)25(13-16-8-10-17(22)11-9-16)20(27)14-26(31(3,29)30)19-7-5-6-18(23)12-19/h5-12,15H,4,13-14H2,1-3H3,(H,24,28). The second kappa shape index (κ2) is 10.8. The number of halogens is 2. The highest BCUT2D eigenvalue weighted by atomic mass is 35.5. The molecule has 2 aromatic rings. The fourth-order valence-corrected chi connectivity index (χ4v) is 4.09. The van der Waals surface area contributed by atoms with Gasteiger partial charge in [-0.25, -0.2) is 8.42 Å². The Morgan fingerprint density at radius 1 is 1.06 bits per heavy atom. The summed E-state index contributed by atoms with van der Waals surface area (Å²) < 4.78 is 25.8. The quantitative estimate of drug-likeness (QED) is 0.589. The van der Waals surface area contributed by atoms with Gasteiger partial charge in [-0.05, 0) is 49.7 Å². The van der Waals surface area contributed by atoms with Crippen LogP contribution in [0.2, 0.25) is 10.0 Å². The average molecular weight is 486 g/mol. The lowest BCUT2D eigenvalue weighted by Crippen LogP contribution is -2.51. The number of hydrogen-bond donors (Lipinski definition) is 1. The molecule has 0 aliphatic rings. The number of rotatable bonds is 9. The van der Waals surface area contributed by atoms with E-state index in [0.29, 0.717) is 16.6 Å². The van der Waals surface area contributed by atoms with Crippen molar-refractivity contribution in [3.63, 3.8) is 0 Å². The van der Waals surface area contributed by atoms with Crippen molar-refractivity contribution >= 4 is 50.7 Å². The maximum atomic E-state index is 13.3. The van der Waals surface area contributed by atoms with Gasteiger partial charge in [0, 0.05) is 23.1 Å². The van der Waals surface area contributed by atoms with Crippen LogP contribution in [0.3, 0.4) is 0 Å². The average Bonchev–Trinajstić information content (AvgIpc) is 2.70. The van der Waals surface area contributed by atoms with Crippen LogP contribution in [0.25, 0.3) is 0 Å². The fraction of sp³-hybridized carbons (Fsp3) is 0.333. The third-order valence-electron chi connectivity index (χ3n) is 4.56. The van der Waals surface area contributed by atoms with Gasteiger partial charge >= 0.3 is 0 Å². The molecule has 0 spiro atoms. The Balaban J connectivity index is 2.37. The first-order valence-corrected chi connectivity index (χ1v) is 12.2. The van der Waals surface area contributed by atoms with Crippen molar-refractivity contribution in [2.75, 3.05) is 23.7 Å². The van der Waals surface area contributed by atoms with Crippen molar-refractivity contribution in [2.45, 2.75) is 26.4 Å². The predicted octanol–water partition coefficient (Wildman–Crippen LogP) is 3.31. The maximum Gasteiger partial charge on any atom is 0.244 e. The summed E-state index contributed by atoms with van der Waals surface area (Å²) in [6, 6.07) is 12.3. The largest absolute Gasteiger partial charge is 0.355 e. The van der Waals surface area contributed by atoms with Crippen LogP contribution < -0.4 is 9.62 Å². The number of anilines is 1. The molecule has 0 heterocycles. The van der Waals surface area contributed by atoms with Gasteiger partial charge in [0.15, 0.2) is 0 Å². The number of nitrogens with one attached hydrogen (secondary N) is 1. The first-order chi connectivity index (χ1) is 14.5.